The number of rotatable bonds is 2. The van der Waals surface area contributed by atoms with E-state index in [9.17, 15) is 4.79 Å². The average Bonchev–Trinajstić information content (AvgIpc) is 2.04. The number of halogens is 3. The van der Waals surface area contributed by atoms with E-state index in [1.807, 2.05) is 6.07 Å². The lowest BCUT2D eigenvalue weighted by atomic mass is 10.1. The Kier molecular flexibility index (Phi) is 3.60. The molecule has 1 radical (unpaired) electrons. The van der Waals surface area contributed by atoms with Crippen LogP contribution in [-0.2, 0) is 4.79 Å². The Hall–Kier alpha value is -0.240. The molecular formula is C9H6Cl3O. The molecular weight excluding hydrogens is 230 g/mol. The Morgan fingerprint density at radius 3 is 2.15 bits per heavy atom. The fraction of sp³-hybridized carbons (Fsp3) is 0.111. The van der Waals surface area contributed by atoms with Crippen molar-refractivity contribution in [2.75, 3.05) is 0 Å². The van der Waals surface area contributed by atoms with Crippen LogP contribution in [0.1, 0.15) is 5.56 Å². The Morgan fingerprint density at radius 2 is 1.69 bits per heavy atom. The third-order valence-electron chi connectivity index (χ3n) is 1.38. The summed E-state index contributed by atoms with van der Waals surface area (Å²) in [5.41, 5.74) is 0.721. The summed E-state index contributed by atoms with van der Waals surface area (Å²) in [5, 5.41) is 0. The van der Waals surface area contributed by atoms with Crippen LogP contribution in [0.5, 0.6) is 0 Å². The third kappa shape index (κ3) is 3.55. The van der Waals surface area contributed by atoms with E-state index in [0.717, 1.165) is 5.56 Å². The Bertz CT molecular complexity index is 289. The van der Waals surface area contributed by atoms with E-state index >= 15 is 0 Å². The lowest BCUT2D eigenvalue weighted by Crippen LogP contribution is -2.19. The fourth-order valence-electron chi connectivity index (χ4n) is 0.782. The summed E-state index contributed by atoms with van der Waals surface area (Å²) in [4.78, 5) is 11.2. The van der Waals surface area contributed by atoms with Gasteiger partial charge in [-0.05, 0) is 5.56 Å². The zero-order chi connectivity index (χ0) is 9.90. The maximum absolute atomic E-state index is 11.2. The Labute approximate surface area is 91.6 Å². The molecule has 0 saturated carbocycles. The van der Waals surface area contributed by atoms with Crippen molar-refractivity contribution in [1.82, 2.24) is 0 Å². The van der Waals surface area contributed by atoms with Gasteiger partial charge >= 0.3 is 0 Å². The van der Waals surface area contributed by atoms with Crippen LogP contribution in [0.4, 0.5) is 0 Å². The van der Waals surface area contributed by atoms with E-state index in [1.165, 1.54) is 6.42 Å². The maximum Gasteiger partial charge on any atom is 0.249 e. The van der Waals surface area contributed by atoms with Gasteiger partial charge in [-0.3, -0.25) is 4.79 Å². The highest BCUT2D eigenvalue weighted by atomic mass is 35.6. The summed E-state index contributed by atoms with van der Waals surface area (Å²) < 4.78 is -1.87. The van der Waals surface area contributed by atoms with Crippen LogP contribution in [0.2, 0.25) is 0 Å². The third-order valence-corrected chi connectivity index (χ3v) is 1.94. The van der Waals surface area contributed by atoms with Crippen molar-refractivity contribution in [3.63, 3.8) is 0 Å². The van der Waals surface area contributed by atoms with Crippen molar-refractivity contribution in [2.24, 2.45) is 0 Å². The molecule has 1 aromatic carbocycles. The van der Waals surface area contributed by atoms with Gasteiger partial charge in [0.05, 0.1) is 6.42 Å². The first-order chi connectivity index (χ1) is 6.00. The molecule has 4 heteroatoms. The zero-order valence-corrected chi connectivity index (χ0v) is 8.77. The average molecular weight is 237 g/mol. The molecule has 0 aliphatic heterocycles. The van der Waals surface area contributed by atoms with Gasteiger partial charge < -0.3 is 0 Å². The highest BCUT2D eigenvalue weighted by Gasteiger charge is 2.30. The summed E-state index contributed by atoms with van der Waals surface area (Å²) in [6.07, 6.45) is 1.30. The van der Waals surface area contributed by atoms with Gasteiger partial charge in [0.1, 0.15) is 0 Å². The summed E-state index contributed by atoms with van der Waals surface area (Å²) in [6.45, 7) is 0. The molecule has 1 rings (SSSR count). The molecule has 0 aliphatic carbocycles. The summed E-state index contributed by atoms with van der Waals surface area (Å²) >= 11 is 16.2. The first kappa shape index (κ1) is 10.8. The van der Waals surface area contributed by atoms with Crippen LogP contribution >= 0.6 is 34.8 Å². The number of ketones is 1. The molecule has 0 unspecified atom stereocenters. The molecule has 0 saturated heterocycles. The predicted octanol–water partition coefficient (Wildman–Crippen LogP) is 3.18. The molecule has 0 aromatic heterocycles. The predicted molar refractivity (Wildman–Crippen MR) is 55.1 cm³/mol. The van der Waals surface area contributed by atoms with E-state index < -0.39 is 9.58 Å². The SMILES string of the molecule is O=C([CH]c1ccccc1)C(Cl)(Cl)Cl. The monoisotopic (exact) mass is 235 g/mol. The molecule has 0 heterocycles. The number of carbonyl (C=O) groups is 1. The number of hydrogen-bond acceptors (Lipinski definition) is 1. The topological polar surface area (TPSA) is 17.1 Å². The first-order valence-electron chi connectivity index (χ1n) is 3.51. The zero-order valence-electron chi connectivity index (χ0n) is 6.51. The van der Waals surface area contributed by atoms with Gasteiger partial charge in [-0.1, -0.05) is 65.1 Å². The van der Waals surface area contributed by atoms with Crippen LogP contribution in [0.15, 0.2) is 30.3 Å². The molecule has 13 heavy (non-hydrogen) atoms. The number of carbonyl (C=O) groups excluding carboxylic acids is 1. The second-order valence-corrected chi connectivity index (χ2v) is 4.70. The van der Waals surface area contributed by atoms with Gasteiger partial charge in [0, 0.05) is 0 Å². The molecule has 0 atom stereocenters. The minimum absolute atomic E-state index is 0.538. The summed E-state index contributed by atoms with van der Waals surface area (Å²) in [6, 6.07) is 8.97. The van der Waals surface area contributed by atoms with Crippen LogP contribution in [0, 0.1) is 6.42 Å². The molecule has 69 valence electrons. The van der Waals surface area contributed by atoms with Gasteiger partial charge in [0.2, 0.25) is 3.79 Å². The van der Waals surface area contributed by atoms with E-state index in [4.69, 9.17) is 34.8 Å². The van der Waals surface area contributed by atoms with Gasteiger partial charge in [-0.2, -0.15) is 0 Å². The molecule has 0 fully saturated rings. The molecule has 1 nitrogen and oxygen atoms in total. The van der Waals surface area contributed by atoms with Crippen LogP contribution < -0.4 is 0 Å². The fourth-order valence-corrected chi connectivity index (χ4v) is 0.946. The highest BCUT2D eigenvalue weighted by molar-refractivity contribution is 6.77. The second-order valence-electron chi connectivity index (χ2n) is 2.42. The standard InChI is InChI=1S/C9H6Cl3O/c10-9(11,12)8(13)6-7-4-2-1-3-5-7/h1-6H. The smallest absolute Gasteiger partial charge is 0.249 e. The van der Waals surface area contributed by atoms with Crippen molar-refractivity contribution in [1.29, 1.82) is 0 Å². The van der Waals surface area contributed by atoms with E-state index in [2.05, 4.69) is 0 Å². The van der Waals surface area contributed by atoms with Crippen molar-refractivity contribution in [3.05, 3.63) is 42.3 Å². The van der Waals surface area contributed by atoms with E-state index in [-0.39, 0.29) is 0 Å². The number of hydrogen-bond donors (Lipinski definition) is 0. The minimum Gasteiger partial charge on any atom is -0.294 e. The van der Waals surface area contributed by atoms with Crippen molar-refractivity contribution in [2.45, 2.75) is 3.79 Å². The first-order valence-corrected chi connectivity index (χ1v) is 4.64. The van der Waals surface area contributed by atoms with Crippen molar-refractivity contribution in [3.8, 4) is 0 Å². The molecule has 0 aliphatic rings. The quantitative estimate of drug-likeness (QED) is 0.721. The second kappa shape index (κ2) is 4.32. The Balaban J connectivity index is 2.66. The Morgan fingerprint density at radius 1 is 1.15 bits per heavy atom. The summed E-state index contributed by atoms with van der Waals surface area (Å²) in [5.74, 6) is -0.538. The van der Waals surface area contributed by atoms with E-state index in [0.29, 0.717) is 0 Å². The lowest BCUT2D eigenvalue weighted by molar-refractivity contribution is -0.114. The van der Waals surface area contributed by atoms with Crippen molar-refractivity contribution < 1.29 is 4.79 Å². The maximum atomic E-state index is 11.2. The summed E-state index contributed by atoms with van der Waals surface area (Å²) in [7, 11) is 0. The minimum atomic E-state index is -1.87. The number of benzene rings is 1. The molecule has 0 amide bonds. The lowest BCUT2D eigenvalue weighted by Gasteiger charge is -2.08. The molecule has 0 spiro atoms. The molecule has 0 N–H and O–H groups in total. The van der Waals surface area contributed by atoms with Gasteiger partial charge in [0.15, 0.2) is 5.78 Å². The normalized spacial score (nSPS) is 11.3. The van der Waals surface area contributed by atoms with Crippen molar-refractivity contribution >= 4 is 40.6 Å². The number of Topliss-reactive ketones (excluding diaryl/α,β-unsaturated/α-hetero) is 1. The number of alkyl halides is 3. The van der Waals surface area contributed by atoms with Gasteiger partial charge in [0.25, 0.3) is 0 Å². The molecule has 1 aromatic rings. The van der Waals surface area contributed by atoms with Crippen LogP contribution in [0.3, 0.4) is 0 Å². The van der Waals surface area contributed by atoms with Gasteiger partial charge in [-0.15, -0.1) is 0 Å². The van der Waals surface area contributed by atoms with Gasteiger partial charge in [-0.25, -0.2) is 0 Å². The largest absolute Gasteiger partial charge is 0.294 e. The highest BCUT2D eigenvalue weighted by Crippen LogP contribution is 2.29. The molecule has 0 bridgehead atoms. The van der Waals surface area contributed by atoms with E-state index in [1.54, 1.807) is 24.3 Å². The van der Waals surface area contributed by atoms with Crippen LogP contribution in [-0.4, -0.2) is 9.58 Å². The van der Waals surface area contributed by atoms with Crippen LogP contribution in [0.25, 0.3) is 0 Å².